The van der Waals surface area contributed by atoms with Gasteiger partial charge in [-0.15, -0.1) is 0 Å². The molecule has 108 valence electrons. The summed E-state index contributed by atoms with van der Waals surface area (Å²) in [6.07, 6.45) is 0.441. The van der Waals surface area contributed by atoms with Crippen molar-refractivity contribution in [1.82, 2.24) is 5.32 Å². The lowest BCUT2D eigenvalue weighted by Crippen LogP contribution is -2.23. The number of hydrogen-bond donors (Lipinski definition) is 1. The largest absolute Gasteiger partial charge is 0.352 e. The zero-order valence-corrected chi connectivity index (χ0v) is 13.1. The molecule has 2 rings (SSSR count). The van der Waals surface area contributed by atoms with Gasteiger partial charge in [-0.3, -0.25) is 9.59 Å². The number of halogens is 1. The molecule has 0 radical (unpaired) electrons. The quantitative estimate of drug-likeness (QED) is 0.810. The van der Waals surface area contributed by atoms with Gasteiger partial charge in [-0.1, -0.05) is 58.4 Å². The van der Waals surface area contributed by atoms with E-state index in [9.17, 15) is 9.59 Å². The maximum Gasteiger partial charge on any atom is 0.220 e. The van der Waals surface area contributed by atoms with Gasteiger partial charge in [0.15, 0.2) is 5.78 Å². The molecule has 0 spiro atoms. The number of amides is 1. The lowest BCUT2D eigenvalue weighted by Gasteiger charge is -2.05. The maximum absolute atomic E-state index is 11.9. The predicted molar refractivity (Wildman–Crippen MR) is 86.0 cm³/mol. The van der Waals surface area contributed by atoms with Crippen LogP contribution in [0.2, 0.25) is 0 Å². The predicted octanol–water partition coefficient (Wildman–Crippen LogP) is 3.73. The topological polar surface area (TPSA) is 46.2 Å². The number of benzene rings is 2. The Labute approximate surface area is 132 Å². The molecule has 1 amide bonds. The molecule has 2 aromatic carbocycles. The minimum absolute atomic E-state index is 0.00629. The van der Waals surface area contributed by atoms with Crippen molar-refractivity contribution >= 4 is 27.6 Å². The Morgan fingerprint density at radius 2 is 1.71 bits per heavy atom. The third-order valence-electron chi connectivity index (χ3n) is 3.05. The number of carbonyl (C=O) groups excluding carboxylic acids is 2. The van der Waals surface area contributed by atoms with Crippen LogP contribution in [-0.2, 0) is 11.3 Å². The minimum Gasteiger partial charge on any atom is -0.352 e. The van der Waals surface area contributed by atoms with Gasteiger partial charge in [-0.25, -0.2) is 0 Å². The number of Topliss-reactive ketones (excluding diaryl/α,β-unsaturated/α-hetero) is 1. The van der Waals surface area contributed by atoms with E-state index in [1.807, 2.05) is 42.5 Å². The lowest BCUT2D eigenvalue weighted by atomic mass is 10.1. The number of ketones is 1. The third-order valence-corrected chi connectivity index (χ3v) is 3.55. The van der Waals surface area contributed by atoms with Crippen LogP contribution in [-0.4, -0.2) is 11.7 Å². The fraction of sp³-hybridized carbons (Fsp3) is 0.176. The molecule has 0 aliphatic heterocycles. The molecule has 21 heavy (non-hydrogen) atoms. The Morgan fingerprint density at radius 1 is 0.952 bits per heavy atom. The molecule has 4 heteroatoms. The molecular weight excluding hydrogens is 330 g/mol. The highest BCUT2D eigenvalue weighted by Gasteiger charge is 2.08. The molecule has 3 nitrogen and oxygen atoms in total. The van der Waals surface area contributed by atoms with Crippen molar-refractivity contribution in [3.05, 3.63) is 70.2 Å². The molecule has 1 N–H and O–H groups in total. The molecule has 0 saturated heterocycles. The van der Waals surface area contributed by atoms with Gasteiger partial charge in [-0.2, -0.15) is 0 Å². The Morgan fingerprint density at radius 3 is 2.43 bits per heavy atom. The van der Waals surface area contributed by atoms with Crippen LogP contribution < -0.4 is 5.32 Å². The smallest absolute Gasteiger partial charge is 0.220 e. The van der Waals surface area contributed by atoms with Crippen molar-refractivity contribution in [2.45, 2.75) is 19.4 Å². The van der Waals surface area contributed by atoms with Gasteiger partial charge in [0.05, 0.1) is 0 Å². The van der Waals surface area contributed by atoms with Gasteiger partial charge in [0.25, 0.3) is 0 Å². The Bertz CT molecular complexity index is 626. The zero-order chi connectivity index (χ0) is 15.1. The zero-order valence-electron chi connectivity index (χ0n) is 11.5. The molecule has 0 aliphatic rings. The normalized spacial score (nSPS) is 10.1. The van der Waals surface area contributed by atoms with Crippen molar-refractivity contribution in [2.24, 2.45) is 0 Å². The van der Waals surface area contributed by atoms with Crippen LogP contribution in [0.4, 0.5) is 0 Å². The van der Waals surface area contributed by atoms with Crippen LogP contribution in [0.5, 0.6) is 0 Å². The molecule has 0 heterocycles. The number of nitrogens with one attached hydrogen (secondary N) is 1. The number of carbonyl (C=O) groups is 2. The van der Waals surface area contributed by atoms with Crippen LogP contribution in [0.3, 0.4) is 0 Å². The first-order valence-corrected chi connectivity index (χ1v) is 7.54. The Kier molecular flexibility index (Phi) is 5.69. The molecule has 2 aromatic rings. The summed E-state index contributed by atoms with van der Waals surface area (Å²) in [4.78, 5) is 23.6. The van der Waals surface area contributed by atoms with Crippen molar-refractivity contribution in [2.75, 3.05) is 0 Å². The summed E-state index contributed by atoms with van der Waals surface area (Å²) in [6, 6.07) is 16.8. The summed E-state index contributed by atoms with van der Waals surface area (Å²) < 4.78 is 0.980. The number of hydrogen-bond acceptors (Lipinski definition) is 2. The highest BCUT2D eigenvalue weighted by molar-refractivity contribution is 9.10. The first-order valence-electron chi connectivity index (χ1n) is 6.74. The highest BCUT2D eigenvalue weighted by Crippen LogP contribution is 2.11. The van der Waals surface area contributed by atoms with Crippen molar-refractivity contribution in [3.8, 4) is 0 Å². The molecule has 0 bridgehead atoms. The minimum atomic E-state index is -0.112. The SMILES string of the molecule is O=C(CCC(=O)c1ccccc1)NCc1cccc(Br)c1. The molecule has 0 unspecified atom stereocenters. The first kappa shape index (κ1) is 15.4. The molecule has 0 saturated carbocycles. The van der Waals surface area contributed by atoms with E-state index in [0.717, 1.165) is 10.0 Å². The van der Waals surface area contributed by atoms with E-state index in [2.05, 4.69) is 21.2 Å². The van der Waals surface area contributed by atoms with Gasteiger partial charge >= 0.3 is 0 Å². The second-order valence-electron chi connectivity index (χ2n) is 4.70. The van der Waals surface area contributed by atoms with Crippen molar-refractivity contribution in [3.63, 3.8) is 0 Å². The average molecular weight is 346 g/mol. The molecule has 0 fully saturated rings. The lowest BCUT2D eigenvalue weighted by molar-refractivity contribution is -0.121. The monoisotopic (exact) mass is 345 g/mol. The van der Waals surface area contributed by atoms with E-state index < -0.39 is 0 Å². The Balaban J connectivity index is 1.76. The van der Waals surface area contributed by atoms with Gasteiger partial charge < -0.3 is 5.32 Å². The summed E-state index contributed by atoms with van der Waals surface area (Å²) in [6.45, 7) is 0.470. The summed E-state index contributed by atoms with van der Waals surface area (Å²) in [5.74, 6) is -0.118. The summed E-state index contributed by atoms with van der Waals surface area (Å²) in [5, 5.41) is 2.82. The van der Waals surface area contributed by atoms with Gasteiger partial charge in [-0.05, 0) is 17.7 Å². The van der Waals surface area contributed by atoms with Gasteiger partial charge in [0.2, 0.25) is 5.91 Å². The standard InChI is InChI=1S/C17H16BrNO2/c18-15-8-4-5-13(11-15)12-19-17(21)10-9-16(20)14-6-2-1-3-7-14/h1-8,11H,9-10,12H2,(H,19,21). The van der Waals surface area contributed by atoms with E-state index in [1.54, 1.807) is 12.1 Å². The summed E-state index contributed by atoms with van der Waals surface area (Å²) in [7, 11) is 0. The van der Waals surface area contributed by atoms with E-state index in [4.69, 9.17) is 0 Å². The van der Waals surface area contributed by atoms with E-state index in [0.29, 0.717) is 12.1 Å². The average Bonchev–Trinajstić information content (AvgIpc) is 2.51. The number of rotatable bonds is 6. The fourth-order valence-corrected chi connectivity index (χ4v) is 2.38. The van der Waals surface area contributed by atoms with E-state index in [-0.39, 0.29) is 24.5 Å². The molecule has 0 aliphatic carbocycles. The molecular formula is C17H16BrNO2. The highest BCUT2D eigenvalue weighted by atomic mass is 79.9. The fourth-order valence-electron chi connectivity index (χ4n) is 1.93. The summed E-state index contributed by atoms with van der Waals surface area (Å²) in [5.41, 5.74) is 1.67. The van der Waals surface area contributed by atoms with E-state index >= 15 is 0 Å². The maximum atomic E-state index is 11.9. The van der Waals surface area contributed by atoms with Crippen LogP contribution in [0.15, 0.2) is 59.1 Å². The first-order chi connectivity index (χ1) is 10.1. The Hall–Kier alpha value is -1.94. The van der Waals surface area contributed by atoms with Crippen LogP contribution in [0.1, 0.15) is 28.8 Å². The van der Waals surface area contributed by atoms with Gasteiger partial charge in [0, 0.05) is 29.4 Å². The molecule has 0 atom stereocenters. The van der Waals surface area contributed by atoms with Crippen LogP contribution in [0.25, 0.3) is 0 Å². The van der Waals surface area contributed by atoms with Crippen LogP contribution >= 0.6 is 15.9 Å². The van der Waals surface area contributed by atoms with Crippen molar-refractivity contribution < 1.29 is 9.59 Å². The third kappa shape index (κ3) is 5.16. The second kappa shape index (κ2) is 7.74. The van der Waals surface area contributed by atoms with Crippen molar-refractivity contribution in [1.29, 1.82) is 0 Å². The molecule has 0 aromatic heterocycles. The summed E-state index contributed by atoms with van der Waals surface area (Å²) >= 11 is 3.39. The van der Waals surface area contributed by atoms with Gasteiger partial charge in [0.1, 0.15) is 0 Å². The van der Waals surface area contributed by atoms with E-state index in [1.165, 1.54) is 0 Å². The second-order valence-corrected chi connectivity index (χ2v) is 5.61. The van der Waals surface area contributed by atoms with Crippen LogP contribution in [0, 0.1) is 0 Å².